The van der Waals surface area contributed by atoms with Gasteiger partial charge in [0, 0.05) is 26.2 Å². The molecule has 0 amide bonds. The van der Waals surface area contributed by atoms with E-state index in [0.717, 1.165) is 69.2 Å². The second-order valence-electron chi connectivity index (χ2n) is 5.98. The van der Waals surface area contributed by atoms with Crippen molar-refractivity contribution in [1.29, 1.82) is 0 Å². The zero-order valence-corrected chi connectivity index (χ0v) is 13.4. The van der Waals surface area contributed by atoms with Gasteiger partial charge in [0.25, 0.3) is 6.01 Å². The number of anilines is 1. The first kappa shape index (κ1) is 15.3. The molecule has 0 spiro atoms. The highest BCUT2D eigenvalue weighted by molar-refractivity contribution is 5.75. The van der Waals surface area contributed by atoms with Crippen molar-refractivity contribution in [2.45, 2.75) is 26.2 Å². The Bertz CT molecular complexity index is 602. The molecular weight excluding hydrogens is 276 g/mol. The molecule has 1 aliphatic heterocycles. The van der Waals surface area contributed by atoms with Crippen LogP contribution in [0.5, 0.6) is 0 Å². The molecule has 3 rings (SSSR count). The second kappa shape index (κ2) is 7.11. The van der Waals surface area contributed by atoms with Crippen LogP contribution in [0.2, 0.25) is 0 Å². The summed E-state index contributed by atoms with van der Waals surface area (Å²) in [6, 6.07) is 7.05. The van der Waals surface area contributed by atoms with Crippen molar-refractivity contribution in [2.24, 2.45) is 5.73 Å². The van der Waals surface area contributed by atoms with E-state index < -0.39 is 0 Å². The summed E-state index contributed by atoms with van der Waals surface area (Å²) in [4.78, 5) is 9.43. The smallest absolute Gasteiger partial charge is 0.298 e. The number of nitrogens with zero attached hydrogens (tertiary/aromatic N) is 3. The molecule has 2 aromatic rings. The molecule has 5 heteroatoms. The summed E-state index contributed by atoms with van der Waals surface area (Å²) in [5.41, 5.74) is 8.71. The van der Waals surface area contributed by atoms with Crippen LogP contribution in [0, 0.1) is 0 Å². The van der Waals surface area contributed by atoms with Crippen LogP contribution in [0.15, 0.2) is 22.6 Å². The number of hydrogen-bond acceptors (Lipinski definition) is 5. The average Bonchev–Trinajstić information content (AvgIpc) is 2.98. The van der Waals surface area contributed by atoms with E-state index in [-0.39, 0.29) is 0 Å². The maximum absolute atomic E-state index is 5.92. The van der Waals surface area contributed by atoms with Gasteiger partial charge in [-0.25, -0.2) is 0 Å². The highest BCUT2D eigenvalue weighted by Gasteiger charge is 2.20. The number of benzene rings is 1. The normalized spacial score (nSPS) is 16.5. The Balaban J connectivity index is 1.61. The van der Waals surface area contributed by atoms with Crippen molar-refractivity contribution >= 4 is 17.1 Å². The molecule has 22 heavy (non-hydrogen) atoms. The van der Waals surface area contributed by atoms with Gasteiger partial charge >= 0.3 is 0 Å². The van der Waals surface area contributed by atoms with E-state index >= 15 is 0 Å². The lowest BCUT2D eigenvalue weighted by molar-refractivity contribution is 0.249. The van der Waals surface area contributed by atoms with Crippen LogP contribution in [-0.2, 0) is 6.42 Å². The van der Waals surface area contributed by atoms with Gasteiger partial charge in [0.1, 0.15) is 5.52 Å². The number of fused-ring (bicyclic) bond motifs is 1. The van der Waals surface area contributed by atoms with Crippen LogP contribution < -0.4 is 10.6 Å². The van der Waals surface area contributed by atoms with Crippen molar-refractivity contribution in [2.75, 3.05) is 44.2 Å². The number of unbranched alkanes of at least 4 members (excludes halogenated alkanes) is 1. The molecule has 0 aliphatic carbocycles. The molecule has 1 aromatic carbocycles. The topological polar surface area (TPSA) is 58.5 Å². The summed E-state index contributed by atoms with van der Waals surface area (Å²) in [5.74, 6) is 0. The Morgan fingerprint density at radius 1 is 1.18 bits per heavy atom. The predicted molar refractivity (Wildman–Crippen MR) is 90.3 cm³/mol. The third-order valence-electron chi connectivity index (χ3n) is 4.42. The molecule has 5 nitrogen and oxygen atoms in total. The Morgan fingerprint density at radius 3 is 2.73 bits per heavy atom. The second-order valence-corrected chi connectivity index (χ2v) is 5.98. The molecule has 1 aliphatic rings. The van der Waals surface area contributed by atoms with Crippen LogP contribution in [0.25, 0.3) is 11.1 Å². The lowest BCUT2D eigenvalue weighted by Gasteiger charge is -2.33. The van der Waals surface area contributed by atoms with E-state index in [1.165, 1.54) is 12.0 Å². The largest absolute Gasteiger partial charge is 0.423 e. The average molecular weight is 302 g/mol. The first-order valence-corrected chi connectivity index (χ1v) is 8.37. The number of rotatable bonds is 6. The Labute approximate surface area is 132 Å². The Morgan fingerprint density at radius 2 is 2.00 bits per heavy atom. The van der Waals surface area contributed by atoms with Crippen molar-refractivity contribution in [3.8, 4) is 0 Å². The first-order valence-electron chi connectivity index (χ1n) is 8.37. The summed E-state index contributed by atoms with van der Waals surface area (Å²) in [6.07, 6.45) is 3.34. The van der Waals surface area contributed by atoms with E-state index in [1.54, 1.807) is 0 Å². The number of nitrogens with two attached hydrogens (primary N) is 1. The number of oxazole rings is 1. The highest BCUT2D eigenvalue weighted by Crippen LogP contribution is 2.24. The molecule has 0 bridgehead atoms. The molecule has 1 fully saturated rings. The van der Waals surface area contributed by atoms with Crippen molar-refractivity contribution in [3.05, 3.63) is 23.8 Å². The van der Waals surface area contributed by atoms with E-state index in [0.29, 0.717) is 0 Å². The molecule has 2 N–H and O–H groups in total. The van der Waals surface area contributed by atoms with Gasteiger partial charge in [-0.3, -0.25) is 4.90 Å². The van der Waals surface area contributed by atoms with Gasteiger partial charge in [0.2, 0.25) is 0 Å². The van der Waals surface area contributed by atoms with Crippen LogP contribution in [-0.4, -0.2) is 49.2 Å². The number of aryl methyl sites for hydroxylation is 1. The van der Waals surface area contributed by atoms with Crippen molar-refractivity contribution in [3.63, 3.8) is 0 Å². The Kier molecular flexibility index (Phi) is 4.95. The summed E-state index contributed by atoms with van der Waals surface area (Å²) in [7, 11) is 0. The fourth-order valence-corrected chi connectivity index (χ4v) is 2.96. The summed E-state index contributed by atoms with van der Waals surface area (Å²) >= 11 is 0. The molecule has 1 aromatic heterocycles. The molecule has 120 valence electrons. The number of aromatic nitrogens is 1. The lowest BCUT2D eigenvalue weighted by Crippen LogP contribution is -2.46. The van der Waals surface area contributed by atoms with E-state index in [9.17, 15) is 0 Å². The van der Waals surface area contributed by atoms with Crippen molar-refractivity contribution < 1.29 is 4.42 Å². The molecular formula is C17H26N4O. The summed E-state index contributed by atoms with van der Waals surface area (Å²) in [5, 5.41) is 0. The SMILES string of the molecule is CCc1ccc2oc(N3CCN(CCCCN)CC3)nc2c1. The maximum Gasteiger partial charge on any atom is 0.298 e. The molecule has 2 heterocycles. The van der Waals surface area contributed by atoms with Crippen LogP contribution in [0.4, 0.5) is 6.01 Å². The monoisotopic (exact) mass is 302 g/mol. The van der Waals surface area contributed by atoms with Crippen molar-refractivity contribution in [1.82, 2.24) is 9.88 Å². The summed E-state index contributed by atoms with van der Waals surface area (Å²) in [6.45, 7) is 8.21. The standard InChI is InChI=1S/C17H26N4O/c1-2-14-5-6-16-15(13-14)19-17(22-16)21-11-9-20(10-12-21)8-4-3-7-18/h5-6,13H,2-4,7-12,18H2,1H3. The third kappa shape index (κ3) is 3.42. The first-order chi connectivity index (χ1) is 10.8. The van der Waals surface area contributed by atoms with E-state index in [2.05, 4.69) is 33.8 Å². The maximum atomic E-state index is 5.92. The van der Waals surface area contributed by atoms with E-state index in [1.807, 2.05) is 6.07 Å². The fraction of sp³-hybridized carbons (Fsp3) is 0.588. The summed E-state index contributed by atoms with van der Waals surface area (Å²) < 4.78 is 5.92. The molecule has 0 saturated carbocycles. The minimum atomic E-state index is 0.768. The molecule has 1 saturated heterocycles. The number of hydrogen-bond donors (Lipinski definition) is 1. The quantitative estimate of drug-likeness (QED) is 0.829. The highest BCUT2D eigenvalue weighted by atomic mass is 16.4. The van der Waals surface area contributed by atoms with Gasteiger partial charge in [-0.2, -0.15) is 4.98 Å². The molecule has 0 unspecified atom stereocenters. The number of piperazine rings is 1. The van der Waals surface area contributed by atoms with Crippen LogP contribution in [0.3, 0.4) is 0 Å². The minimum absolute atomic E-state index is 0.768. The minimum Gasteiger partial charge on any atom is -0.423 e. The Hall–Kier alpha value is -1.59. The van der Waals surface area contributed by atoms with Crippen LogP contribution >= 0.6 is 0 Å². The zero-order valence-electron chi connectivity index (χ0n) is 13.4. The van der Waals surface area contributed by atoms with Crippen LogP contribution in [0.1, 0.15) is 25.3 Å². The van der Waals surface area contributed by atoms with Gasteiger partial charge in [0.05, 0.1) is 0 Å². The van der Waals surface area contributed by atoms with Gasteiger partial charge < -0.3 is 15.1 Å². The van der Waals surface area contributed by atoms with Gasteiger partial charge in [-0.15, -0.1) is 0 Å². The molecule has 0 atom stereocenters. The lowest BCUT2D eigenvalue weighted by atomic mass is 10.1. The van der Waals surface area contributed by atoms with E-state index in [4.69, 9.17) is 10.2 Å². The van der Waals surface area contributed by atoms with Gasteiger partial charge in [-0.1, -0.05) is 13.0 Å². The molecule has 0 radical (unpaired) electrons. The van der Waals surface area contributed by atoms with Gasteiger partial charge in [0.15, 0.2) is 5.58 Å². The predicted octanol–water partition coefficient (Wildman–Crippen LogP) is 2.25. The fourth-order valence-electron chi connectivity index (χ4n) is 2.96. The van der Waals surface area contributed by atoms with Gasteiger partial charge in [-0.05, 0) is 50.0 Å². The zero-order chi connectivity index (χ0) is 15.4. The third-order valence-corrected chi connectivity index (χ3v) is 4.42.